The van der Waals surface area contributed by atoms with E-state index in [4.69, 9.17) is 9.47 Å². The van der Waals surface area contributed by atoms with Crippen LogP contribution in [0.4, 0.5) is 0 Å². The highest BCUT2D eigenvalue weighted by molar-refractivity contribution is 5.92. The van der Waals surface area contributed by atoms with Crippen molar-refractivity contribution in [3.8, 4) is 17.3 Å². The maximum absolute atomic E-state index is 12.8. The smallest absolute Gasteiger partial charge is 0.272 e. The average molecular weight is 409 g/mol. The van der Waals surface area contributed by atoms with E-state index in [0.29, 0.717) is 30.5 Å². The molecule has 1 aromatic carbocycles. The predicted molar refractivity (Wildman–Crippen MR) is 113 cm³/mol. The molecular formula is C22H27N5O3. The van der Waals surface area contributed by atoms with Gasteiger partial charge in [0.05, 0.1) is 19.3 Å². The van der Waals surface area contributed by atoms with Crippen LogP contribution in [0.15, 0.2) is 49.1 Å². The molecule has 0 aliphatic heterocycles. The van der Waals surface area contributed by atoms with E-state index in [9.17, 15) is 4.79 Å². The fraction of sp³-hybridized carbons (Fsp3) is 0.364. The van der Waals surface area contributed by atoms with Gasteiger partial charge in [0.1, 0.15) is 6.33 Å². The van der Waals surface area contributed by atoms with Gasteiger partial charge in [-0.15, -0.1) is 10.2 Å². The molecule has 1 N–H and O–H groups in total. The van der Waals surface area contributed by atoms with E-state index in [2.05, 4.69) is 34.3 Å². The fourth-order valence-electron chi connectivity index (χ4n) is 3.09. The molecular weight excluding hydrogens is 382 g/mol. The van der Waals surface area contributed by atoms with Gasteiger partial charge in [-0.25, -0.2) is 4.98 Å². The van der Waals surface area contributed by atoms with Gasteiger partial charge in [0.15, 0.2) is 23.0 Å². The number of amides is 1. The first-order chi connectivity index (χ1) is 14.5. The quantitative estimate of drug-likeness (QED) is 0.581. The summed E-state index contributed by atoms with van der Waals surface area (Å²) in [6, 6.07) is 8.92. The molecule has 0 radical (unpaired) electrons. The van der Waals surface area contributed by atoms with Crippen LogP contribution >= 0.6 is 0 Å². The van der Waals surface area contributed by atoms with E-state index in [1.165, 1.54) is 0 Å². The first-order valence-electron chi connectivity index (χ1n) is 10.1. The SMILES string of the molecule is CCOc1ccc(C(NC(=O)c2ccc(-n3ccnc3)nn2)C(C)C)cc1OCC. The highest BCUT2D eigenvalue weighted by Crippen LogP contribution is 2.33. The van der Waals surface area contributed by atoms with Crippen LogP contribution in [-0.4, -0.2) is 38.9 Å². The molecule has 3 rings (SSSR count). The molecule has 8 nitrogen and oxygen atoms in total. The number of benzene rings is 1. The molecule has 0 bridgehead atoms. The maximum atomic E-state index is 12.8. The van der Waals surface area contributed by atoms with E-state index in [1.807, 2.05) is 32.0 Å². The van der Waals surface area contributed by atoms with Gasteiger partial charge in [0.25, 0.3) is 5.91 Å². The van der Waals surface area contributed by atoms with Crippen molar-refractivity contribution >= 4 is 5.91 Å². The largest absolute Gasteiger partial charge is 0.490 e. The number of hydrogen-bond acceptors (Lipinski definition) is 6. The van der Waals surface area contributed by atoms with Gasteiger partial charge in [-0.1, -0.05) is 19.9 Å². The summed E-state index contributed by atoms with van der Waals surface area (Å²) < 4.78 is 13.1. The Labute approximate surface area is 176 Å². The van der Waals surface area contributed by atoms with Gasteiger partial charge < -0.3 is 14.8 Å². The van der Waals surface area contributed by atoms with Crippen LogP contribution in [0.3, 0.4) is 0 Å². The van der Waals surface area contributed by atoms with Crippen LogP contribution in [-0.2, 0) is 0 Å². The van der Waals surface area contributed by atoms with Gasteiger partial charge in [-0.05, 0) is 49.6 Å². The minimum Gasteiger partial charge on any atom is -0.490 e. The molecule has 0 saturated heterocycles. The summed E-state index contributed by atoms with van der Waals surface area (Å²) in [5, 5.41) is 11.3. The van der Waals surface area contributed by atoms with Crippen molar-refractivity contribution in [2.45, 2.75) is 33.7 Å². The number of carbonyl (C=O) groups excluding carboxylic acids is 1. The zero-order valence-corrected chi connectivity index (χ0v) is 17.7. The van der Waals surface area contributed by atoms with E-state index >= 15 is 0 Å². The van der Waals surface area contributed by atoms with Crippen molar-refractivity contribution < 1.29 is 14.3 Å². The lowest BCUT2D eigenvalue weighted by atomic mass is 9.95. The molecule has 0 fully saturated rings. The fourth-order valence-corrected chi connectivity index (χ4v) is 3.09. The van der Waals surface area contributed by atoms with Crippen molar-refractivity contribution in [2.75, 3.05) is 13.2 Å². The van der Waals surface area contributed by atoms with E-state index < -0.39 is 0 Å². The number of aromatic nitrogens is 4. The summed E-state index contributed by atoms with van der Waals surface area (Å²) in [5.41, 5.74) is 1.19. The highest BCUT2D eigenvalue weighted by Gasteiger charge is 2.22. The molecule has 8 heteroatoms. The van der Waals surface area contributed by atoms with Gasteiger partial charge in [-0.3, -0.25) is 9.36 Å². The van der Waals surface area contributed by atoms with Gasteiger partial charge in [0.2, 0.25) is 0 Å². The summed E-state index contributed by atoms with van der Waals surface area (Å²) in [7, 11) is 0. The Balaban J connectivity index is 1.80. The number of nitrogens with zero attached hydrogens (tertiary/aromatic N) is 4. The highest BCUT2D eigenvalue weighted by atomic mass is 16.5. The zero-order chi connectivity index (χ0) is 21.5. The molecule has 1 unspecified atom stereocenters. The summed E-state index contributed by atoms with van der Waals surface area (Å²) in [5.74, 6) is 1.82. The molecule has 30 heavy (non-hydrogen) atoms. The molecule has 158 valence electrons. The predicted octanol–water partition coefficient (Wildman–Crippen LogP) is 3.59. The Kier molecular flexibility index (Phi) is 7.00. The molecule has 2 heterocycles. The van der Waals surface area contributed by atoms with Crippen molar-refractivity contribution in [1.82, 2.24) is 25.1 Å². The summed E-state index contributed by atoms with van der Waals surface area (Å²) in [6.45, 7) is 9.04. The first kappa shape index (κ1) is 21.3. The van der Waals surface area contributed by atoms with Crippen LogP contribution in [0.1, 0.15) is 49.8 Å². The number of carbonyl (C=O) groups is 1. The third kappa shape index (κ3) is 4.94. The summed E-state index contributed by atoms with van der Waals surface area (Å²) in [4.78, 5) is 16.8. The standard InChI is InChI=1S/C22H27N5O3/c1-5-29-18-9-7-16(13-19(18)30-6-2)21(15(3)4)24-22(28)17-8-10-20(26-25-17)27-12-11-23-14-27/h7-15,21H,5-6H2,1-4H3,(H,24,28). The van der Waals surface area contributed by atoms with Crippen molar-refractivity contribution in [3.63, 3.8) is 0 Å². The second kappa shape index (κ2) is 9.87. The molecule has 0 aliphatic carbocycles. The van der Waals surface area contributed by atoms with Crippen LogP contribution < -0.4 is 14.8 Å². The van der Waals surface area contributed by atoms with Crippen LogP contribution in [0.2, 0.25) is 0 Å². The lowest BCUT2D eigenvalue weighted by Crippen LogP contribution is -2.32. The Morgan fingerprint density at radius 3 is 2.43 bits per heavy atom. The third-order valence-electron chi connectivity index (χ3n) is 4.53. The Morgan fingerprint density at radius 1 is 1.07 bits per heavy atom. The topological polar surface area (TPSA) is 91.2 Å². The van der Waals surface area contributed by atoms with Crippen molar-refractivity contribution in [3.05, 3.63) is 60.3 Å². The van der Waals surface area contributed by atoms with Crippen LogP contribution in [0.25, 0.3) is 5.82 Å². The van der Waals surface area contributed by atoms with Gasteiger partial charge >= 0.3 is 0 Å². The third-order valence-corrected chi connectivity index (χ3v) is 4.53. The normalized spacial score (nSPS) is 11.9. The Morgan fingerprint density at radius 2 is 1.83 bits per heavy atom. The molecule has 3 aromatic rings. The Hall–Kier alpha value is -3.42. The molecule has 0 aliphatic rings. The van der Waals surface area contributed by atoms with E-state index in [0.717, 1.165) is 5.56 Å². The van der Waals surface area contributed by atoms with Crippen LogP contribution in [0.5, 0.6) is 11.5 Å². The minimum atomic E-state index is -0.287. The lowest BCUT2D eigenvalue weighted by molar-refractivity contribution is 0.0919. The number of hydrogen-bond donors (Lipinski definition) is 1. The molecule has 2 aromatic heterocycles. The molecule has 0 saturated carbocycles. The number of ether oxygens (including phenoxy) is 2. The Bertz CT molecular complexity index is 955. The zero-order valence-electron chi connectivity index (χ0n) is 17.7. The maximum Gasteiger partial charge on any atom is 0.272 e. The first-order valence-corrected chi connectivity index (χ1v) is 10.1. The van der Waals surface area contributed by atoms with Gasteiger partial charge in [-0.2, -0.15) is 0 Å². The minimum absolute atomic E-state index is 0.152. The van der Waals surface area contributed by atoms with Crippen molar-refractivity contribution in [1.29, 1.82) is 0 Å². The number of rotatable bonds is 9. The van der Waals surface area contributed by atoms with Crippen LogP contribution in [0, 0.1) is 5.92 Å². The summed E-state index contributed by atoms with van der Waals surface area (Å²) >= 11 is 0. The lowest BCUT2D eigenvalue weighted by Gasteiger charge is -2.24. The van der Waals surface area contributed by atoms with Crippen molar-refractivity contribution in [2.24, 2.45) is 5.92 Å². The van der Waals surface area contributed by atoms with E-state index in [1.54, 1.807) is 35.4 Å². The second-order valence-electron chi connectivity index (χ2n) is 7.01. The molecule has 1 atom stereocenters. The monoisotopic (exact) mass is 409 g/mol. The van der Waals surface area contributed by atoms with E-state index in [-0.39, 0.29) is 23.6 Å². The summed E-state index contributed by atoms with van der Waals surface area (Å²) in [6.07, 6.45) is 5.05. The number of imidazole rings is 1. The molecule has 1 amide bonds. The second-order valence-corrected chi connectivity index (χ2v) is 7.01. The molecule has 0 spiro atoms. The number of nitrogens with one attached hydrogen (secondary N) is 1. The van der Waals surface area contributed by atoms with Gasteiger partial charge in [0, 0.05) is 12.4 Å². The average Bonchev–Trinajstić information content (AvgIpc) is 3.28.